The molecule has 0 radical (unpaired) electrons. The van der Waals surface area contributed by atoms with Crippen molar-refractivity contribution in [1.82, 2.24) is 0 Å². The molecule has 3 nitrogen and oxygen atoms in total. The summed E-state index contributed by atoms with van der Waals surface area (Å²) in [4.78, 5) is 12.0. The number of halogens is 2. The molecule has 0 saturated carbocycles. The molecular weight excluding hydrogens is 352 g/mol. The summed E-state index contributed by atoms with van der Waals surface area (Å²) in [5.41, 5.74) is 7.28. The second kappa shape index (κ2) is 6.08. The Hall–Kier alpha value is -1.52. The van der Waals surface area contributed by atoms with Crippen molar-refractivity contribution in [3.05, 3.63) is 63.1 Å². The number of amides is 1. The van der Waals surface area contributed by atoms with Gasteiger partial charge in [-0.05, 0) is 53.5 Å². The Balaban J connectivity index is 2.43. The second-order valence-corrected chi connectivity index (χ2v) is 6.37. The van der Waals surface area contributed by atoms with Gasteiger partial charge in [-0.25, -0.2) is 0 Å². The minimum Gasteiger partial charge on any atom is -0.368 e. The third kappa shape index (κ3) is 3.39. The van der Waals surface area contributed by atoms with Crippen LogP contribution >= 0.6 is 27.5 Å². The molecule has 0 bridgehead atoms. The molecule has 0 aliphatic carbocycles. The van der Waals surface area contributed by atoms with E-state index in [4.69, 9.17) is 17.3 Å². The molecule has 0 heterocycles. The first-order valence-electron chi connectivity index (χ1n) is 6.43. The van der Waals surface area contributed by atoms with Gasteiger partial charge in [0.25, 0.3) is 0 Å². The van der Waals surface area contributed by atoms with Crippen LogP contribution in [0.5, 0.6) is 0 Å². The predicted octanol–water partition coefficient (Wildman–Crippen LogP) is 4.22. The summed E-state index contributed by atoms with van der Waals surface area (Å²) in [6.07, 6.45) is 0. The molecule has 1 unspecified atom stereocenters. The molecule has 0 aromatic heterocycles. The van der Waals surface area contributed by atoms with E-state index in [-0.39, 0.29) is 0 Å². The molecule has 1 amide bonds. The maximum atomic E-state index is 12.0. The zero-order chi connectivity index (χ0) is 15.6. The highest BCUT2D eigenvalue weighted by Crippen LogP contribution is 2.30. The van der Waals surface area contributed by atoms with Crippen molar-refractivity contribution in [3.63, 3.8) is 0 Å². The second-order valence-electron chi connectivity index (χ2n) is 5.11. The summed E-state index contributed by atoms with van der Waals surface area (Å²) in [5.74, 6) is -0.445. The first-order chi connectivity index (χ1) is 9.83. The van der Waals surface area contributed by atoms with Gasteiger partial charge in [0.1, 0.15) is 5.54 Å². The molecule has 110 valence electrons. The molecule has 1 atom stereocenters. The molecular formula is C16H16BrClN2O. The van der Waals surface area contributed by atoms with Gasteiger partial charge in [-0.15, -0.1) is 0 Å². The fraction of sp³-hybridized carbons (Fsp3) is 0.188. The van der Waals surface area contributed by atoms with E-state index < -0.39 is 11.4 Å². The molecule has 0 aliphatic heterocycles. The van der Waals surface area contributed by atoms with Crippen LogP contribution in [0.15, 0.2) is 46.9 Å². The normalized spacial score (nSPS) is 13.5. The average molecular weight is 368 g/mol. The third-order valence-electron chi connectivity index (χ3n) is 3.40. The van der Waals surface area contributed by atoms with Gasteiger partial charge in [0.2, 0.25) is 5.91 Å². The lowest BCUT2D eigenvalue weighted by atomic mass is 9.90. The Morgan fingerprint density at radius 3 is 2.57 bits per heavy atom. The molecule has 21 heavy (non-hydrogen) atoms. The van der Waals surface area contributed by atoms with Crippen molar-refractivity contribution in [2.45, 2.75) is 19.4 Å². The fourth-order valence-corrected chi connectivity index (χ4v) is 2.59. The molecule has 0 aliphatic rings. The number of hydrogen-bond donors (Lipinski definition) is 2. The zero-order valence-electron chi connectivity index (χ0n) is 11.8. The van der Waals surface area contributed by atoms with E-state index in [1.807, 2.05) is 43.3 Å². The number of hydrogen-bond acceptors (Lipinski definition) is 2. The Morgan fingerprint density at radius 1 is 1.29 bits per heavy atom. The Kier molecular flexibility index (Phi) is 4.59. The summed E-state index contributed by atoms with van der Waals surface area (Å²) in [7, 11) is 0. The van der Waals surface area contributed by atoms with E-state index in [0.717, 1.165) is 21.3 Å². The highest BCUT2D eigenvalue weighted by atomic mass is 79.9. The van der Waals surface area contributed by atoms with Crippen molar-refractivity contribution >= 4 is 39.1 Å². The van der Waals surface area contributed by atoms with Crippen molar-refractivity contribution in [3.8, 4) is 0 Å². The van der Waals surface area contributed by atoms with Gasteiger partial charge < -0.3 is 11.1 Å². The lowest BCUT2D eigenvalue weighted by Gasteiger charge is -2.29. The Morgan fingerprint density at radius 2 is 2.00 bits per heavy atom. The molecule has 0 saturated heterocycles. The number of aryl methyl sites for hydroxylation is 1. The quantitative estimate of drug-likeness (QED) is 0.850. The maximum absolute atomic E-state index is 12.0. The van der Waals surface area contributed by atoms with E-state index in [2.05, 4.69) is 21.2 Å². The molecule has 2 aromatic rings. The minimum atomic E-state index is -1.00. The number of nitrogens with two attached hydrogens (primary N) is 1. The topological polar surface area (TPSA) is 55.1 Å². The highest BCUT2D eigenvalue weighted by molar-refractivity contribution is 9.10. The minimum absolute atomic E-state index is 0.445. The van der Waals surface area contributed by atoms with Crippen molar-refractivity contribution < 1.29 is 4.79 Å². The van der Waals surface area contributed by atoms with Crippen LogP contribution in [0.25, 0.3) is 0 Å². The summed E-state index contributed by atoms with van der Waals surface area (Å²) in [5, 5.41) is 3.81. The Labute approximate surface area is 137 Å². The number of benzene rings is 2. The predicted molar refractivity (Wildman–Crippen MR) is 90.5 cm³/mol. The number of anilines is 1. The van der Waals surface area contributed by atoms with Crippen LogP contribution in [-0.4, -0.2) is 5.91 Å². The smallest absolute Gasteiger partial charge is 0.247 e. The van der Waals surface area contributed by atoms with E-state index in [1.165, 1.54) is 0 Å². The fourth-order valence-electron chi connectivity index (χ4n) is 2.09. The van der Waals surface area contributed by atoms with Crippen LogP contribution in [0.1, 0.15) is 18.1 Å². The van der Waals surface area contributed by atoms with Crippen LogP contribution in [0, 0.1) is 6.92 Å². The number of rotatable bonds is 4. The number of primary amides is 1. The van der Waals surface area contributed by atoms with Crippen LogP contribution in [-0.2, 0) is 10.3 Å². The van der Waals surface area contributed by atoms with Crippen molar-refractivity contribution in [2.75, 3.05) is 5.32 Å². The summed E-state index contributed by atoms with van der Waals surface area (Å²) >= 11 is 9.36. The first-order valence-corrected chi connectivity index (χ1v) is 7.60. The van der Waals surface area contributed by atoms with Gasteiger partial charge in [0.05, 0.1) is 5.02 Å². The largest absolute Gasteiger partial charge is 0.368 e. The molecule has 5 heteroatoms. The van der Waals surface area contributed by atoms with Gasteiger partial charge in [-0.2, -0.15) is 0 Å². The maximum Gasteiger partial charge on any atom is 0.247 e. The molecule has 2 rings (SSSR count). The lowest BCUT2D eigenvalue weighted by Crippen LogP contribution is -2.45. The van der Waals surface area contributed by atoms with Gasteiger partial charge >= 0.3 is 0 Å². The van der Waals surface area contributed by atoms with E-state index in [1.54, 1.807) is 13.0 Å². The molecule has 2 aromatic carbocycles. The SMILES string of the molecule is Cc1cccc(C(C)(Nc2ccc(Cl)c(Br)c2)C(N)=O)c1. The number of carbonyl (C=O) groups excluding carboxylic acids is 1. The Bertz CT molecular complexity index is 690. The van der Waals surface area contributed by atoms with Crippen LogP contribution in [0.3, 0.4) is 0 Å². The number of nitrogens with one attached hydrogen (secondary N) is 1. The summed E-state index contributed by atoms with van der Waals surface area (Å²) in [6.45, 7) is 3.75. The van der Waals surface area contributed by atoms with Crippen molar-refractivity contribution in [1.29, 1.82) is 0 Å². The lowest BCUT2D eigenvalue weighted by molar-refractivity contribution is -0.122. The summed E-state index contributed by atoms with van der Waals surface area (Å²) < 4.78 is 0.755. The van der Waals surface area contributed by atoms with Crippen LogP contribution < -0.4 is 11.1 Å². The third-order valence-corrected chi connectivity index (χ3v) is 4.62. The van der Waals surface area contributed by atoms with Gasteiger partial charge in [0.15, 0.2) is 0 Å². The molecule has 3 N–H and O–H groups in total. The number of carbonyl (C=O) groups is 1. The molecule has 0 fully saturated rings. The zero-order valence-corrected chi connectivity index (χ0v) is 14.1. The van der Waals surface area contributed by atoms with Crippen molar-refractivity contribution in [2.24, 2.45) is 5.73 Å². The summed E-state index contributed by atoms with van der Waals surface area (Å²) in [6, 6.07) is 13.1. The standard InChI is InChI=1S/C16H16BrClN2O/c1-10-4-3-5-11(8-10)16(2,15(19)21)20-12-6-7-14(18)13(17)9-12/h3-9,20H,1-2H3,(H2,19,21). The van der Waals surface area contributed by atoms with Crippen LogP contribution in [0.4, 0.5) is 5.69 Å². The monoisotopic (exact) mass is 366 g/mol. The van der Waals surface area contributed by atoms with E-state index in [9.17, 15) is 4.79 Å². The van der Waals surface area contributed by atoms with Gasteiger partial charge in [-0.3, -0.25) is 4.79 Å². The van der Waals surface area contributed by atoms with Gasteiger partial charge in [-0.1, -0.05) is 41.4 Å². The van der Waals surface area contributed by atoms with E-state index >= 15 is 0 Å². The van der Waals surface area contributed by atoms with Crippen LogP contribution in [0.2, 0.25) is 5.02 Å². The molecule has 0 spiro atoms. The first kappa shape index (κ1) is 15.9. The average Bonchev–Trinajstić information content (AvgIpc) is 2.42. The van der Waals surface area contributed by atoms with Gasteiger partial charge in [0, 0.05) is 10.2 Å². The highest BCUT2D eigenvalue weighted by Gasteiger charge is 2.33. The van der Waals surface area contributed by atoms with E-state index in [0.29, 0.717) is 5.02 Å².